The van der Waals surface area contributed by atoms with Gasteiger partial charge in [-0.3, -0.25) is 0 Å². The topological polar surface area (TPSA) is 60.0 Å². The average Bonchev–Trinajstić information content (AvgIpc) is 2.92. The van der Waals surface area contributed by atoms with E-state index in [9.17, 15) is 0 Å². The van der Waals surface area contributed by atoms with Crippen LogP contribution in [0, 0.1) is 0 Å². The molecule has 0 aliphatic rings. The Kier molecular flexibility index (Phi) is 4.39. The van der Waals surface area contributed by atoms with E-state index in [1.165, 1.54) is 5.56 Å². The number of aromatic amines is 1. The summed E-state index contributed by atoms with van der Waals surface area (Å²) in [5, 5.41) is 10.5. The standard InChI is InChI=1S/C14H19N3O2/c1-4-19-13-6-5-11(8-14(13)18-3)10(2)7-12-9-15-17-16-12/h5-6,8-10H,4,7H2,1-3H3,(H,15,16,17). The number of benzene rings is 1. The van der Waals surface area contributed by atoms with E-state index in [0.717, 1.165) is 23.6 Å². The molecule has 5 nitrogen and oxygen atoms in total. The fraction of sp³-hybridized carbons (Fsp3) is 0.429. The smallest absolute Gasteiger partial charge is 0.161 e. The van der Waals surface area contributed by atoms with Crippen LogP contribution < -0.4 is 9.47 Å². The van der Waals surface area contributed by atoms with E-state index in [1.54, 1.807) is 13.3 Å². The average molecular weight is 261 g/mol. The molecule has 0 saturated carbocycles. The third-order valence-corrected chi connectivity index (χ3v) is 3.04. The Labute approximate surface area is 112 Å². The lowest BCUT2D eigenvalue weighted by atomic mass is 9.96. The lowest BCUT2D eigenvalue weighted by molar-refractivity contribution is 0.310. The van der Waals surface area contributed by atoms with Crippen molar-refractivity contribution >= 4 is 0 Å². The summed E-state index contributed by atoms with van der Waals surface area (Å²) in [6.45, 7) is 4.74. The molecule has 1 atom stereocenters. The summed E-state index contributed by atoms with van der Waals surface area (Å²) in [6, 6.07) is 6.05. The number of aromatic nitrogens is 3. The molecule has 0 bridgehead atoms. The van der Waals surface area contributed by atoms with E-state index in [-0.39, 0.29) is 0 Å². The predicted molar refractivity (Wildman–Crippen MR) is 72.7 cm³/mol. The van der Waals surface area contributed by atoms with Gasteiger partial charge in [-0.2, -0.15) is 15.4 Å². The van der Waals surface area contributed by atoms with Gasteiger partial charge in [0.25, 0.3) is 0 Å². The van der Waals surface area contributed by atoms with Crippen LogP contribution in [0.15, 0.2) is 24.4 Å². The molecule has 0 saturated heterocycles. The molecule has 102 valence electrons. The van der Waals surface area contributed by atoms with Crippen molar-refractivity contribution in [3.8, 4) is 11.5 Å². The molecule has 1 heterocycles. The van der Waals surface area contributed by atoms with Gasteiger partial charge < -0.3 is 9.47 Å². The van der Waals surface area contributed by atoms with Crippen LogP contribution in [0.2, 0.25) is 0 Å². The third kappa shape index (κ3) is 3.24. The second-order valence-corrected chi connectivity index (χ2v) is 4.41. The van der Waals surface area contributed by atoms with Crippen LogP contribution in [0.4, 0.5) is 0 Å². The van der Waals surface area contributed by atoms with Crippen molar-refractivity contribution in [2.45, 2.75) is 26.2 Å². The minimum absolute atomic E-state index is 0.342. The Balaban J connectivity index is 2.15. The van der Waals surface area contributed by atoms with Gasteiger partial charge in [-0.1, -0.05) is 13.0 Å². The van der Waals surface area contributed by atoms with Gasteiger partial charge in [-0.05, 0) is 37.0 Å². The second-order valence-electron chi connectivity index (χ2n) is 4.41. The van der Waals surface area contributed by atoms with E-state index >= 15 is 0 Å². The number of methoxy groups -OCH3 is 1. The van der Waals surface area contributed by atoms with Crippen molar-refractivity contribution in [1.29, 1.82) is 0 Å². The van der Waals surface area contributed by atoms with Gasteiger partial charge in [0.05, 0.1) is 25.6 Å². The molecule has 1 aromatic heterocycles. The van der Waals surface area contributed by atoms with Gasteiger partial charge in [-0.15, -0.1) is 0 Å². The minimum atomic E-state index is 0.342. The molecular weight excluding hydrogens is 242 g/mol. The number of nitrogens with zero attached hydrogens (tertiary/aromatic N) is 2. The molecule has 1 unspecified atom stereocenters. The van der Waals surface area contributed by atoms with Gasteiger partial charge >= 0.3 is 0 Å². The van der Waals surface area contributed by atoms with Crippen molar-refractivity contribution in [3.05, 3.63) is 35.7 Å². The summed E-state index contributed by atoms with van der Waals surface area (Å²) in [4.78, 5) is 0. The monoisotopic (exact) mass is 261 g/mol. The van der Waals surface area contributed by atoms with Crippen LogP contribution in [-0.2, 0) is 6.42 Å². The molecule has 2 rings (SSSR count). The fourth-order valence-electron chi connectivity index (χ4n) is 2.02. The maximum absolute atomic E-state index is 5.52. The SMILES string of the molecule is CCOc1ccc(C(C)Cc2cn[nH]n2)cc1OC. The molecule has 0 aliphatic carbocycles. The molecule has 0 radical (unpaired) electrons. The molecule has 19 heavy (non-hydrogen) atoms. The highest BCUT2D eigenvalue weighted by Crippen LogP contribution is 2.31. The lowest BCUT2D eigenvalue weighted by Gasteiger charge is -2.14. The third-order valence-electron chi connectivity index (χ3n) is 3.04. The number of hydrogen-bond acceptors (Lipinski definition) is 4. The molecule has 0 amide bonds. The van der Waals surface area contributed by atoms with Crippen molar-refractivity contribution in [2.75, 3.05) is 13.7 Å². The van der Waals surface area contributed by atoms with Crippen LogP contribution in [0.3, 0.4) is 0 Å². The Morgan fingerprint density at radius 2 is 2.16 bits per heavy atom. The number of rotatable bonds is 6. The van der Waals surface area contributed by atoms with Crippen molar-refractivity contribution in [2.24, 2.45) is 0 Å². The highest BCUT2D eigenvalue weighted by atomic mass is 16.5. The summed E-state index contributed by atoms with van der Waals surface area (Å²) in [5.74, 6) is 1.89. The van der Waals surface area contributed by atoms with Crippen LogP contribution in [0.1, 0.15) is 31.0 Å². The van der Waals surface area contributed by atoms with E-state index in [0.29, 0.717) is 12.5 Å². The van der Waals surface area contributed by atoms with Crippen LogP contribution >= 0.6 is 0 Å². The molecule has 1 aromatic carbocycles. The van der Waals surface area contributed by atoms with E-state index < -0.39 is 0 Å². The quantitative estimate of drug-likeness (QED) is 0.868. The Hall–Kier alpha value is -2.04. The van der Waals surface area contributed by atoms with Crippen LogP contribution in [-0.4, -0.2) is 29.1 Å². The molecule has 0 spiro atoms. The number of ether oxygens (including phenoxy) is 2. The first kappa shape index (κ1) is 13.4. The Morgan fingerprint density at radius 1 is 1.32 bits per heavy atom. The first-order valence-corrected chi connectivity index (χ1v) is 6.40. The Bertz CT molecular complexity index is 511. The van der Waals surface area contributed by atoms with Crippen LogP contribution in [0.5, 0.6) is 11.5 Å². The molecular formula is C14H19N3O2. The molecule has 0 aliphatic heterocycles. The molecule has 1 N–H and O–H groups in total. The number of nitrogens with one attached hydrogen (secondary N) is 1. The normalized spacial score (nSPS) is 12.2. The number of H-pyrrole nitrogens is 1. The first-order chi connectivity index (χ1) is 9.24. The second kappa shape index (κ2) is 6.22. The predicted octanol–water partition coefficient (Wildman–Crippen LogP) is 2.56. The summed E-state index contributed by atoms with van der Waals surface area (Å²) >= 11 is 0. The summed E-state index contributed by atoms with van der Waals surface area (Å²) < 4.78 is 10.9. The number of hydrogen-bond donors (Lipinski definition) is 1. The lowest BCUT2D eigenvalue weighted by Crippen LogP contribution is -2.01. The highest BCUT2D eigenvalue weighted by Gasteiger charge is 2.12. The summed E-state index contributed by atoms with van der Waals surface area (Å²) in [5.41, 5.74) is 2.16. The zero-order chi connectivity index (χ0) is 13.7. The summed E-state index contributed by atoms with van der Waals surface area (Å²) in [7, 11) is 1.66. The van der Waals surface area contributed by atoms with Gasteiger partial charge in [0.15, 0.2) is 11.5 Å². The largest absolute Gasteiger partial charge is 0.493 e. The summed E-state index contributed by atoms with van der Waals surface area (Å²) in [6.07, 6.45) is 2.59. The minimum Gasteiger partial charge on any atom is -0.493 e. The van der Waals surface area contributed by atoms with Gasteiger partial charge in [0, 0.05) is 0 Å². The maximum Gasteiger partial charge on any atom is 0.161 e. The van der Waals surface area contributed by atoms with Gasteiger partial charge in [0.1, 0.15) is 0 Å². The maximum atomic E-state index is 5.52. The van der Waals surface area contributed by atoms with Crippen molar-refractivity contribution in [1.82, 2.24) is 15.4 Å². The van der Waals surface area contributed by atoms with Gasteiger partial charge in [-0.25, -0.2) is 0 Å². The molecule has 2 aromatic rings. The van der Waals surface area contributed by atoms with Crippen molar-refractivity contribution < 1.29 is 9.47 Å². The first-order valence-electron chi connectivity index (χ1n) is 6.40. The highest BCUT2D eigenvalue weighted by molar-refractivity contribution is 5.44. The zero-order valence-electron chi connectivity index (χ0n) is 11.5. The van der Waals surface area contributed by atoms with Crippen LogP contribution in [0.25, 0.3) is 0 Å². The van der Waals surface area contributed by atoms with E-state index in [2.05, 4.69) is 28.4 Å². The van der Waals surface area contributed by atoms with E-state index in [4.69, 9.17) is 9.47 Å². The van der Waals surface area contributed by atoms with Gasteiger partial charge in [0.2, 0.25) is 0 Å². The fourth-order valence-corrected chi connectivity index (χ4v) is 2.02. The molecule has 0 fully saturated rings. The Morgan fingerprint density at radius 3 is 2.79 bits per heavy atom. The zero-order valence-corrected chi connectivity index (χ0v) is 11.5. The van der Waals surface area contributed by atoms with E-state index in [1.807, 2.05) is 19.1 Å². The molecule has 5 heteroatoms. The van der Waals surface area contributed by atoms with Crippen molar-refractivity contribution in [3.63, 3.8) is 0 Å².